The van der Waals surface area contributed by atoms with Crippen LogP contribution in [0.3, 0.4) is 0 Å². The number of likely N-dealkylation sites (tertiary alicyclic amines) is 1. The molecule has 2 rings (SSSR count). The smallest absolute Gasteiger partial charge is 0.276 e. The van der Waals surface area contributed by atoms with Crippen molar-refractivity contribution in [2.75, 3.05) is 13.1 Å². The van der Waals surface area contributed by atoms with Crippen molar-refractivity contribution in [1.82, 2.24) is 4.90 Å². The Balaban J connectivity index is 2.33. The summed E-state index contributed by atoms with van der Waals surface area (Å²) in [4.78, 5) is 12.6. The van der Waals surface area contributed by atoms with Gasteiger partial charge in [-0.1, -0.05) is 13.0 Å². The second kappa shape index (κ2) is 7.36. The maximum atomic E-state index is 11.8. The molecule has 25 heavy (non-hydrogen) atoms. The number of nitro benzene ring substituents is 1. The Morgan fingerprint density at radius 2 is 2.08 bits per heavy atom. The Hall–Kier alpha value is -1.55. The maximum absolute atomic E-state index is 11.8. The third-order valence-electron chi connectivity index (χ3n) is 4.73. The average molecular weight is 371 g/mol. The summed E-state index contributed by atoms with van der Waals surface area (Å²) in [6.45, 7) is 6.91. The zero-order chi connectivity index (χ0) is 18.9. The number of rotatable bonds is 6. The summed E-state index contributed by atoms with van der Waals surface area (Å²) in [7, 11) is -4.13. The van der Waals surface area contributed by atoms with Crippen LogP contribution < -0.4 is 5.14 Å². The van der Waals surface area contributed by atoms with Gasteiger partial charge in [-0.15, -0.1) is 0 Å². The number of β-amino-alcohol motifs (C(OH)–C–C–N with tert-alkyl or cyclic N) is 1. The molecule has 1 aliphatic rings. The van der Waals surface area contributed by atoms with E-state index >= 15 is 0 Å². The monoisotopic (exact) mass is 371 g/mol. The predicted octanol–water partition coefficient (Wildman–Crippen LogP) is 1.18. The minimum atomic E-state index is -4.13. The van der Waals surface area contributed by atoms with Gasteiger partial charge in [0.15, 0.2) is 0 Å². The van der Waals surface area contributed by atoms with Crippen LogP contribution in [0.2, 0.25) is 0 Å². The standard InChI is InChI=1S/C16H25N3O5S/c1-10-6-12(3)18(8-10)9-13(20)7-14-15(25(17,23)24)5-4-11(2)16(14)19(21)22/h4-5,10,12-13,20H,6-9H2,1-3H3,(H2,17,23,24)/t10?,12?,13-/m1/s1. The lowest BCUT2D eigenvalue weighted by Crippen LogP contribution is -2.36. The number of hydrogen-bond donors (Lipinski definition) is 2. The highest BCUT2D eigenvalue weighted by Gasteiger charge is 2.31. The van der Waals surface area contributed by atoms with Crippen molar-refractivity contribution in [2.45, 2.75) is 50.7 Å². The highest BCUT2D eigenvalue weighted by Crippen LogP contribution is 2.31. The lowest BCUT2D eigenvalue weighted by atomic mass is 10.0. The second-order valence-corrected chi connectivity index (χ2v) is 8.54. The molecule has 1 fully saturated rings. The van der Waals surface area contributed by atoms with Crippen molar-refractivity contribution >= 4 is 15.7 Å². The van der Waals surface area contributed by atoms with Gasteiger partial charge in [0.05, 0.1) is 21.5 Å². The van der Waals surface area contributed by atoms with Gasteiger partial charge in [-0.05, 0) is 32.3 Å². The number of aliphatic hydroxyl groups excluding tert-OH is 1. The van der Waals surface area contributed by atoms with Gasteiger partial charge in [0, 0.05) is 31.1 Å². The van der Waals surface area contributed by atoms with Gasteiger partial charge in [-0.25, -0.2) is 13.6 Å². The molecule has 2 unspecified atom stereocenters. The predicted molar refractivity (Wildman–Crippen MR) is 93.7 cm³/mol. The normalized spacial score (nSPS) is 22.9. The number of nitro groups is 1. The van der Waals surface area contributed by atoms with E-state index in [0.717, 1.165) is 13.0 Å². The summed E-state index contributed by atoms with van der Waals surface area (Å²) in [5.41, 5.74) is 0.0103. The quantitative estimate of drug-likeness (QED) is 0.571. The van der Waals surface area contributed by atoms with Crippen LogP contribution in [0, 0.1) is 23.0 Å². The molecule has 1 heterocycles. The van der Waals surface area contributed by atoms with Gasteiger partial charge in [0.2, 0.25) is 10.0 Å². The van der Waals surface area contributed by atoms with E-state index < -0.39 is 21.1 Å². The molecule has 1 aromatic carbocycles. The fourth-order valence-electron chi connectivity index (χ4n) is 3.66. The van der Waals surface area contributed by atoms with Gasteiger partial charge in [0.1, 0.15) is 0 Å². The maximum Gasteiger partial charge on any atom is 0.276 e. The number of benzene rings is 1. The Labute approximate surface area is 147 Å². The summed E-state index contributed by atoms with van der Waals surface area (Å²) >= 11 is 0. The molecule has 1 aromatic rings. The lowest BCUT2D eigenvalue weighted by molar-refractivity contribution is -0.386. The highest BCUT2D eigenvalue weighted by atomic mass is 32.2. The van der Waals surface area contributed by atoms with E-state index in [4.69, 9.17) is 5.14 Å². The van der Waals surface area contributed by atoms with Crippen LogP contribution in [-0.2, 0) is 16.4 Å². The van der Waals surface area contributed by atoms with E-state index in [0.29, 0.717) is 24.1 Å². The van der Waals surface area contributed by atoms with Gasteiger partial charge in [0.25, 0.3) is 5.69 Å². The van der Waals surface area contributed by atoms with Crippen LogP contribution in [-0.4, -0.2) is 48.6 Å². The van der Waals surface area contributed by atoms with Gasteiger partial charge < -0.3 is 5.11 Å². The molecule has 9 heteroatoms. The van der Waals surface area contributed by atoms with Crippen molar-refractivity contribution in [1.29, 1.82) is 0 Å². The molecule has 8 nitrogen and oxygen atoms in total. The number of aliphatic hydroxyl groups is 1. The van der Waals surface area contributed by atoms with Crippen LogP contribution in [0.4, 0.5) is 5.69 Å². The molecule has 0 aromatic heterocycles. The van der Waals surface area contributed by atoms with Crippen molar-refractivity contribution < 1.29 is 18.4 Å². The molecule has 0 radical (unpaired) electrons. The minimum absolute atomic E-state index is 0.0279. The molecule has 0 aliphatic carbocycles. The van der Waals surface area contributed by atoms with Crippen LogP contribution in [0.5, 0.6) is 0 Å². The first-order valence-electron chi connectivity index (χ1n) is 8.22. The van der Waals surface area contributed by atoms with E-state index in [-0.39, 0.29) is 22.6 Å². The van der Waals surface area contributed by atoms with Crippen LogP contribution in [0.25, 0.3) is 0 Å². The highest BCUT2D eigenvalue weighted by molar-refractivity contribution is 7.89. The Morgan fingerprint density at radius 3 is 2.56 bits per heavy atom. The molecule has 3 N–H and O–H groups in total. The molecule has 3 atom stereocenters. The van der Waals surface area contributed by atoms with Gasteiger partial charge in [-0.2, -0.15) is 0 Å². The summed E-state index contributed by atoms with van der Waals surface area (Å²) in [5, 5.41) is 27.1. The first kappa shape index (κ1) is 19.8. The Kier molecular flexibility index (Phi) is 5.82. The Bertz CT molecular complexity index is 765. The van der Waals surface area contributed by atoms with Crippen LogP contribution in [0.15, 0.2) is 17.0 Å². The van der Waals surface area contributed by atoms with Crippen molar-refractivity contribution in [3.05, 3.63) is 33.4 Å². The van der Waals surface area contributed by atoms with Crippen molar-refractivity contribution in [3.63, 3.8) is 0 Å². The van der Waals surface area contributed by atoms with Crippen molar-refractivity contribution in [2.24, 2.45) is 11.1 Å². The number of nitrogens with two attached hydrogens (primary N) is 1. The molecular weight excluding hydrogens is 346 g/mol. The first-order valence-corrected chi connectivity index (χ1v) is 9.77. The summed E-state index contributed by atoms with van der Waals surface area (Å²) < 4.78 is 23.6. The molecule has 1 aliphatic heterocycles. The molecule has 0 spiro atoms. The van der Waals surface area contributed by atoms with Gasteiger partial charge >= 0.3 is 0 Å². The zero-order valence-electron chi connectivity index (χ0n) is 14.7. The molecule has 140 valence electrons. The SMILES string of the molecule is Cc1ccc(S(N)(=O)=O)c(C[C@@H](O)CN2CC(C)CC2C)c1[N+](=O)[O-]. The average Bonchev–Trinajstić information content (AvgIpc) is 2.74. The van der Waals surface area contributed by atoms with E-state index in [2.05, 4.69) is 18.7 Å². The topological polar surface area (TPSA) is 127 Å². The fourth-order valence-corrected chi connectivity index (χ4v) is 4.45. The lowest BCUT2D eigenvalue weighted by Gasteiger charge is -2.24. The Morgan fingerprint density at radius 1 is 1.44 bits per heavy atom. The van der Waals surface area contributed by atoms with Gasteiger partial charge in [-0.3, -0.25) is 15.0 Å². The third kappa shape index (κ3) is 4.55. The molecule has 0 amide bonds. The number of aryl methyl sites for hydroxylation is 1. The molecular formula is C16H25N3O5S. The summed E-state index contributed by atoms with van der Waals surface area (Å²) in [6.07, 6.45) is -0.0325. The number of nitrogens with zero attached hydrogens (tertiary/aromatic N) is 2. The van der Waals surface area contributed by atoms with E-state index in [9.17, 15) is 23.6 Å². The van der Waals surface area contributed by atoms with Crippen LogP contribution in [0.1, 0.15) is 31.4 Å². The molecule has 0 bridgehead atoms. The van der Waals surface area contributed by atoms with Crippen LogP contribution >= 0.6 is 0 Å². The van der Waals surface area contributed by atoms with E-state index in [1.54, 1.807) is 0 Å². The number of primary sulfonamides is 1. The first-order chi connectivity index (χ1) is 11.5. The molecule has 0 saturated carbocycles. The van der Waals surface area contributed by atoms with Crippen molar-refractivity contribution in [3.8, 4) is 0 Å². The summed E-state index contributed by atoms with van der Waals surface area (Å²) in [6, 6.07) is 2.94. The van der Waals surface area contributed by atoms with E-state index in [1.807, 2.05) is 0 Å². The minimum Gasteiger partial charge on any atom is -0.391 e. The molecule has 1 saturated heterocycles. The fraction of sp³-hybridized carbons (Fsp3) is 0.625. The zero-order valence-corrected chi connectivity index (χ0v) is 15.5. The number of hydrogen-bond acceptors (Lipinski definition) is 6. The largest absolute Gasteiger partial charge is 0.391 e. The second-order valence-electron chi connectivity index (χ2n) is 7.01. The van der Waals surface area contributed by atoms with E-state index in [1.165, 1.54) is 19.1 Å². The summed E-state index contributed by atoms with van der Waals surface area (Å²) in [5.74, 6) is 0.524. The third-order valence-corrected chi connectivity index (χ3v) is 5.72. The number of sulfonamides is 1.